The summed E-state index contributed by atoms with van der Waals surface area (Å²) in [5, 5.41) is 35.7. The van der Waals surface area contributed by atoms with E-state index in [0.29, 0.717) is 24.9 Å². The van der Waals surface area contributed by atoms with Gasteiger partial charge in [-0.05, 0) is 79.7 Å². The lowest BCUT2D eigenvalue weighted by Crippen LogP contribution is -2.64. The molecule has 0 amide bonds. The minimum Gasteiger partial charge on any atom is -0.508 e. The van der Waals surface area contributed by atoms with E-state index in [1.165, 1.54) is 25.7 Å². The summed E-state index contributed by atoms with van der Waals surface area (Å²) in [4.78, 5) is 6.13. The number of aromatic hydroxyl groups is 1. The van der Waals surface area contributed by atoms with Crippen molar-refractivity contribution in [2.24, 2.45) is 22.9 Å². The molecule has 0 bridgehead atoms. The summed E-state index contributed by atoms with van der Waals surface area (Å²) >= 11 is 2.00. The number of hydrogen-bond donors (Lipinski definition) is 3. The van der Waals surface area contributed by atoms with Gasteiger partial charge >= 0.3 is 0 Å². The van der Waals surface area contributed by atoms with E-state index in [1.54, 1.807) is 6.07 Å². The highest BCUT2D eigenvalue weighted by molar-refractivity contribution is 8.00. The van der Waals surface area contributed by atoms with Crippen LogP contribution in [-0.2, 0) is 16.2 Å². The Labute approximate surface area is 284 Å². The zero-order valence-electron chi connectivity index (χ0n) is 27.5. The summed E-state index contributed by atoms with van der Waals surface area (Å²) in [5.41, 5.74) is 4.16. The summed E-state index contributed by atoms with van der Waals surface area (Å²) < 4.78 is 14.1. The van der Waals surface area contributed by atoms with Gasteiger partial charge in [-0.2, -0.15) is 0 Å². The number of aliphatic hydroxyl groups excluding tert-OH is 2. The van der Waals surface area contributed by atoms with Gasteiger partial charge in [0, 0.05) is 36.4 Å². The van der Waals surface area contributed by atoms with Crippen LogP contribution in [0.1, 0.15) is 87.7 Å². The van der Waals surface area contributed by atoms with Gasteiger partial charge in [0.1, 0.15) is 18.1 Å². The number of thioether (sulfide) groups is 1. The highest BCUT2D eigenvalue weighted by atomic mass is 32.2. The van der Waals surface area contributed by atoms with Crippen molar-refractivity contribution >= 4 is 17.5 Å². The SMILES string of the molecule is C=CCOC12Oc3ccc(O)cc3C3C(CCCCO)C(CCCCO)C=C(C(=NOCc4ccccc4)CC1SC1CCCC1)C32. The van der Waals surface area contributed by atoms with E-state index >= 15 is 0 Å². The van der Waals surface area contributed by atoms with Crippen LogP contribution in [0.5, 0.6) is 11.5 Å². The van der Waals surface area contributed by atoms with Crippen molar-refractivity contribution in [1.29, 1.82) is 0 Å². The van der Waals surface area contributed by atoms with Gasteiger partial charge in [-0.1, -0.05) is 73.3 Å². The third-order valence-corrected chi connectivity index (χ3v) is 12.2. The van der Waals surface area contributed by atoms with Crippen molar-refractivity contribution in [2.45, 2.75) is 99.4 Å². The maximum absolute atomic E-state index is 10.8. The molecule has 0 aromatic heterocycles. The number of hydrogen-bond acceptors (Lipinski definition) is 8. The zero-order valence-corrected chi connectivity index (χ0v) is 28.3. The van der Waals surface area contributed by atoms with Gasteiger partial charge in [-0.25, -0.2) is 0 Å². The summed E-state index contributed by atoms with van der Waals surface area (Å²) in [5.74, 6) is 0.324. The van der Waals surface area contributed by atoms with Gasteiger partial charge < -0.3 is 29.6 Å². The van der Waals surface area contributed by atoms with Crippen molar-refractivity contribution in [3.8, 4) is 11.5 Å². The van der Waals surface area contributed by atoms with Gasteiger partial charge in [0.25, 0.3) is 0 Å². The number of nitrogens with zero attached hydrogens (tertiary/aromatic N) is 1. The van der Waals surface area contributed by atoms with E-state index in [1.807, 2.05) is 48.2 Å². The molecule has 2 fully saturated rings. The van der Waals surface area contributed by atoms with Crippen LogP contribution in [0.3, 0.4) is 0 Å². The van der Waals surface area contributed by atoms with Gasteiger partial charge in [0.15, 0.2) is 0 Å². The Hall–Kier alpha value is -2.78. The van der Waals surface area contributed by atoms with Crippen molar-refractivity contribution in [3.05, 3.63) is 84.0 Å². The number of ether oxygens (including phenoxy) is 2. The Morgan fingerprint density at radius 1 is 1.00 bits per heavy atom. The number of aliphatic hydroxyl groups is 2. The Bertz CT molecular complexity index is 1390. The maximum atomic E-state index is 10.8. The molecule has 8 heteroatoms. The molecule has 0 radical (unpaired) electrons. The third-order valence-electron chi connectivity index (χ3n) is 10.5. The molecule has 1 aliphatic heterocycles. The van der Waals surface area contributed by atoms with E-state index in [4.69, 9.17) is 19.5 Å². The van der Waals surface area contributed by atoms with Crippen LogP contribution in [-0.4, -0.2) is 57.1 Å². The van der Waals surface area contributed by atoms with Crippen LogP contribution in [0.2, 0.25) is 0 Å². The largest absolute Gasteiger partial charge is 0.508 e. The molecule has 0 spiro atoms. The fraction of sp³-hybridized carbons (Fsp3) is 0.564. The average Bonchev–Trinajstić information content (AvgIpc) is 3.60. The monoisotopic (exact) mass is 661 g/mol. The average molecular weight is 662 g/mol. The van der Waals surface area contributed by atoms with Crippen LogP contribution >= 0.6 is 11.8 Å². The zero-order chi connectivity index (χ0) is 32.6. The van der Waals surface area contributed by atoms with Crippen LogP contribution in [0, 0.1) is 17.8 Å². The first-order chi connectivity index (χ1) is 23.1. The van der Waals surface area contributed by atoms with E-state index in [2.05, 4.69) is 24.8 Å². The predicted octanol–water partition coefficient (Wildman–Crippen LogP) is 7.90. The lowest BCUT2D eigenvalue weighted by molar-refractivity contribution is -0.223. The second kappa shape index (κ2) is 16.1. The molecule has 4 aliphatic rings. The molecule has 2 aromatic rings. The normalized spacial score (nSPS) is 29.1. The van der Waals surface area contributed by atoms with Gasteiger partial charge in [-0.15, -0.1) is 18.3 Å². The number of allylic oxidation sites excluding steroid dienone is 1. The van der Waals surface area contributed by atoms with E-state index < -0.39 is 5.79 Å². The Morgan fingerprint density at radius 2 is 1.77 bits per heavy atom. The molecule has 254 valence electrons. The molecule has 1 heterocycles. The first kappa shape index (κ1) is 34.1. The quantitative estimate of drug-likeness (QED) is 0.0955. The van der Waals surface area contributed by atoms with E-state index in [9.17, 15) is 15.3 Å². The lowest BCUT2D eigenvalue weighted by atomic mass is 9.56. The summed E-state index contributed by atoms with van der Waals surface area (Å²) in [7, 11) is 0. The fourth-order valence-corrected chi connectivity index (χ4v) is 10.2. The van der Waals surface area contributed by atoms with Gasteiger partial charge in [0.2, 0.25) is 5.79 Å². The molecule has 6 unspecified atom stereocenters. The molecule has 7 nitrogen and oxygen atoms in total. The lowest BCUT2D eigenvalue weighted by Gasteiger charge is -2.58. The van der Waals surface area contributed by atoms with Crippen molar-refractivity contribution < 1.29 is 29.6 Å². The van der Waals surface area contributed by atoms with Crippen molar-refractivity contribution in [3.63, 3.8) is 0 Å². The molecule has 0 saturated heterocycles. The first-order valence-corrected chi connectivity index (χ1v) is 18.6. The third kappa shape index (κ3) is 7.46. The van der Waals surface area contributed by atoms with Crippen molar-refractivity contribution in [2.75, 3.05) is 19.8 Å². The molecular weight excluding hydrogens is 610 g/mol. The Balaban J connectivity index is 1.50. The molecule has 47 heavy (non-hydrogen) atoms. The first-order valence-electron chi connectivity index (χ1n) is 17.7. The highest BCUT2D eigenvalue weighted by Gasteiger charge is 2.64. The van der Waals surface area contributed by atoms with Crippen LogP contribution < -0.4 is 4.74 Å². The highest BCUT2D eigenvalue weighted by Crippen LogP contribution is 2.63. The molecule has 3 aliphatic carbocycles. The predicted molar refractivity (Wildman–Crippen MR) is 188 cm³/mol. The molecule has 6 rings (SSSR count). The fourth-order valence-electron chi connectivity index (χ4n) is 8.47. The number of phenols is 1. The molecule has 2 aromatic carbocycles. The van der Waals surface area contributed by atoms with Crippen LogP contribution in [0.4, 0.5) is 0 Å². The summed E-state index contributed by atoms with van der Waals surface area (Å²) in [6, 6.07) is 15.6. The van der Waals surface area contributed by atoms with Gasteiger partial charge in [0.05, 0.1) is 23.5 Å². The minimum absolute atomic E-state index is 0.000198. The Kier molecular flexibility index (Phi) is 11.7. The van der Waals surface area contributed by atoms with E-state index in [-0.39, 0.29) is 47.9 Å². The van der Waals surface area contributed by atoms with Crippen molar-refractivity contribution in [1.82, 2.24) is 0 Å². The molecule has 3 N–H and O–H groups in total. The van der Waals surface area contributed by atoms with Crippen LogP contribution in [0.25, 0.3) is 0 Å². The summed E-state index contributed by atoms with van der Waals surface area (Å²) in [6.45, 7) is 5.11. The molecule has 2 saturated carbocycles. The molecular formula is C39H51NO6S. The Morgan fingerprint density at radius 3 is 2.51 bits per heavy atom. The second-order valence-electron chi connectivity index (χ2n) is 13.6. The number of rotatable bonds is 16. The number of fused-ring (bicyclic) bond motifs is 2. The topological polar surface area (TPSA) is 101 Å². The molecule has 6 atom stereocenters. The smallest absolute Gasteiger partial charge is 0.230 e. The summed E-state index contributed by atoms with van der Waals surface area (Å²) in [6.07, 6.45) is 14.9. The number of oxime groups is 1. The minimum atomic E-state index is -0.953. The maximum Gasteiger partial charge on any atom is 0.230 e. The van der Waals surface area contributed by atoms with Crippen LogP contribution in [0.15, 0.2) is 78.0 Å². The number of unbranched alkanes of at least 4 members (excludes halogenated alkanes) is 2. The number of phenolic OH excluding ortho intramolecular Hbond substituents is 1. The second-order valence-corrected chi connectivity index (χ2v) is 15.1. The standard InChI is InChI=1S/C39H51NO6S/c1-2-22-44-39-36(47-30-15-6-7-16-30)25-34(40-45-26-27-12-4-3-5-13-27)32-23-28(14-8-10-20-41)31(17-9-11-21-42)37(38(32)39)33-24-29(43)18-19-35(33)46-39/h2-5,12-13,18-19,23-24,28,30-31,36-38,41-43H,1,6-11,14-17,20-22,25-26H2. The van der Waals surface area contributed by atoms with Gasteiger partial charge in [-0.3, -0.25) is 0 Å². The van der Waals surface area contributed by atoms with E-state index in [0.717, 1.165) is 66.7 Å². The number of benzene rings is 2.